The van der Waals surface area contributed by atoms with Crippen LogP contribution in [0, 0.1) is 3.57 Å². The molecule has 0 amide bonds. The molecule has 1 N–H and O–H groups in total. The molecule has 0 radical (unpaired) electrons. The lowest BCUT2D eigenvalue weighted by Gasteiger charge is -2.13. The fourth-order valence-corrected chi connectivity index (χ4v) is 2.49. The van der Waals surface area contributed by atoms with Crippen molar-refractivity contribution in [3.05, 3.63) is 50.6 Å². The van der Waals surface area contributed by atoms with E-state index in [1.54, 1.807) is 14.2 Å². The van der Waals surface area contributed by atoms with E-state index in [2.05, 4.69) is 40.0 Å². The molecule has 0 bridgehead atoms. The van der Waals surface area contributed by atoms with Gasteiger partial charge in [-0.2, -0.15) is 0 Å². The highest BCUT2D eigenvalue weighted by atomic mass is 127. The number of methoxy groups -OCH3 is 2. The lowest BCUT2D eigenvalue weighted by Crippen LogP contribution is -2.02. The number of nitrogens with one attached hydrogen (secondary N) is 1. The molecule has 0 saturated heterocycles. The summed E-state index contributed by atoms with van der Waals surface area (Å²) in [7, 11) is 3.18. The van der Waals surface area contributed by atoms with Crippen molar-refractivity contribution in [1.82, 2.24) is 0 Å². The van der Waals surface area contributed by atoms with Gasteiger partial charge in [0.15, 0.2) is 11.5 Å². The maximum atomic E-state index is 6.34. The van der Waals surface area contributed by atoms with Gasteiger partial charge >= 0.3 is 0 Å². The van der Waals surface area contributed by atoms with Crippen molar-refractivity contribution < 1.29 is 9.47 Å². The van der Waals surface area contributed by atoms with E-state index in [0.29, 0.717) is 23.1 Å². The van der Waals surface area contributed by atoms with E-state index in [-0.39, 0.29) is 0 Å². The Bertz CT molecular complexity index is 587. The van der Waals surface area contributed by atoms with Gasteiger partial charge in [0.1, 0.15) is 0 Å². The number of benzene rings is 2. The number of ether oxygens (including phenoxy) is 2. The normalized spacial score (nSPS) is 10.2. The molecular weight excluding hydrogens is 389 g/mol. The second-order valence-electron chi connectivity index (χ2n) is 4.13. The van der Waals surface area contributed by atoms with E-state index in [9.17, 15) is 0 Å². The molecular formula is C15H15ClINO2. The molecule has 106 valence electrons. The Morgan fingerprint density at radius 2 is 1.75 bits per heavy atom. The Labute approximate surface area is 137 Å². The summed E-state index contributed by atoms with van der Waals surface area (Å²) in [6, 6.07) is 12.0. The Balaban J connectivity index is 2.15. The van der Waals surface area contributed by atoms with Gasteiger partial charge in [-0.3, -0.25) is 0 Å². The third-order valence-corrected chi connectivity index (χ3v) is 4.03. The third-order valence-electron chi connectivity index (χ3n) is 2.89. The average molecular weight is 404 g/mol. The average Bonchev–Trinajstić information content (AvgIpc) is 2.47. The van der Waals surface area contributed by atoms with Crippen molar-refractivity contribution in [2.75, 3.05) is 19.5 Å². The summed E-state index contributed by atoms with van der Waals surface area (Å²) in [5, 5.41) is 3.91. The Morgan fingerprint density at radius 1 is 1.05 bits per heavy atom. The smallest absolute Gasteiger partial charge is 0.179 e. The molecule has 20 heavy (non-hydrogen) atoms. The van der Waals surface area contributed by atoms with Crippen LogP contribution in [-0.4, -0.2) is 14.2 Å². The van der Waals surface area contributed by atoms with Crippen molar-refractivity contribution in [2.45, 2.75) is 6.54 Å². The fourth-order valence-electron chi connectivity index (χ4n) is 1.83. The van der Waals surface area contributed by atoms with Crippen LogP contribution in [0.5, 0.6) is 11.5 Å². The second kappa shape index (κ2) is 7.04. The zero-order chi connectivity index (χ0) is 14.5. The maximum absolute atomic E-state index is 6.34. The van der Waals surface area contributed by atoms with Crippen LogP contribution < -0.4 is 14.8 Å². The molecule has 0 aliphatic rings. The zero-order valence-electron chi connectivity index (χ0n) is 11.2. The van der Waals surface area contributed by atoms with Crippen LogP contribution in [0.3, 0.4) is 0 Å². The second-order valence-corrected chi connectivity index (χ2v) is 5.76. The highest BCUT2D eigenvalue weighted by Crippen LogP contribution is 2.37. The van der Waals surface area contributed by atoms with Crippen LogP contribution in [0.25, 0.3) is 0 Å². The van der Waals surface area contributed by atoms with Gasteiger partial charge in [0, 0.05) is 15.8 Å². The van der Waals surface area contributed by atoms with Gasteiger partial charge in [-0.25, -0.2) is 0 Å². The molecule has 2 aromatic carbocycles. The molecule has 0 spiro atoms. The third kappa shape index (κ3) is 3.49. The molecule has 0 fully saturated rings. The van der Waals surface area contributed by atoms with Crippen molar-refractivity contribution in [3.8, 4) is 11.5 Å². The summed E-state index contributed by atoms with van der Waals surface area (Å²) in [6.45, 7) is 0.625. The molecule has 2 rings (SSSR count). The van der Waals surface area contributed by atoms with E-state index in [1.807, 2.05) is 24.3 Å². The van der Waals surface area contributed by atoms with Gasteiger partial charge in [-0.05, 0) is 58.5 Å². The van der Waals surface area contributed by atoms with Gasteiger partial charge in [0.2, 0.25) is 0 Å². The van der Waals surface area contributed by atoms with Gasteiger partial charge in [-0.15, -0.1) is 0 Å². The quantitative estimate of drug-likeness (QED) is 0.742. The summed E-state index contributed by atoms with van der Waals surface area (Å²) >= 11 is 8.62. The van der Waals surface area contributed by atoms with E-state index in [4.69, 9.17) is 21.1 Å². The monoisotopic (exact) mass is 403 g/mol. The first-order valence-corrected chi connectivity index (χ1v) is 7.50. The lowest BCUT2D eigenvalue weighted by atomic mass is 10.2. The van der Waals surface area contributed by atoms with E-state index < -0.39 is 0 Å². The SMILES string of the molecule is COc1ccc(CNc2ccc(I)cc2)c(Cl)c1OC. The summed E-state index contributed by atoms with van der Waals surface area (Å²) in [6.07, 6.45) is 0. The molecule has 0 aliphatic heterocycles. The minimum absolute atomic E-state index is 0.566. The maximum Gasteiger partial charge on any atom is 0.179 e. The van der Waals surface area contributed by atoms with Crippen LogP contribution in [0.1, 0.15) is 5.56 Å². The molecule has 0 unspecified atom stereocenters. The summed E-state index contributed by atoms with van der Waals surface area (Å²) in [5.74, 6) is 1.20. The highest BCUT2D eigenvalue weighted by molar-refractivity contribution is 14.1. The molecule has 0 aromatic heterocycles. The number of hydrogen-bond acceptors (Lipinski definition) is 3. The molecule has 0 saturated carbocycles. The molecule has 3 nitrogen and oxygen atoms in total. The fraction of sp³-hybridized carbons (Fsp3) is 0.200. The highest BCUT2D eigenvalue weighted by Gasteiger charge is 2.12. The van der Waals surface area contributed by atoms with Crippen molar-refractivity contribution in [1.29, 1.82) is 0 Å². The van der Waals surface area contributed by atoms with E-state index >= 15 is 0 Å². The van der Waals surface area contributed by atoms with Crippen LogP contribution >= 0.6 is 34.2 Å². The number of halogens is 2. The summed E-state index contributed by atoms with van der Waals surface area (Å²) in [4.78, 5) is 0. The topological polar surface area (TPSA) is 30.5 Å². The van der Waals surface area contributed by atoms with Crippen LogP contribution in [-0.2, 0) is 6.54 Å². The number of rotatable bonds is 5. The predicted octanol–water partition coefficient (Wildman–Crippen LogP) is 4.57. The minimum atomic E-state index is 0.566. The Hall–Kier alpha value is -1.14. The predicted molar refractivity (Wildman–Crippen MR) is 91.0 cm³/mol. The first kappa shape index (κ1) is 15.3. The van der Waals surface area contributed by atoms with Gasteiger partial charge in [0.25, 0.3) is 0 Å². The summed E-state index contributed by atoms with van der Waals surface area (Å²) < 4.78 is 11.7. The minimum Gasteiger partial charge on any atom is -0.493 e. The molecule has 2 aromatic rings. The first-order valence-electron chi connectivity index (χ1n) is 6.04. The lowest BCUT2D eigenvalue weighted by molar-refractivity contribution is 0.355. The van der Waals surface area contributed by atoms with Gasteiger partial charge in [-0.1, -0.05) is 17.7 Å². The first-order chi connectivity index (χ1) is 9.65. The van der Waals surface area contributed by atoms with Crippen molar-refractivity contribution >= 4 is 39.9 Å². The molecule has 0 atom stereocenters. The standard InChI is InChI=1S/C15H15ClINO2/c1-19-13-8-3-10(14(16)15(13)20-2)9-18-12-6-4-11(17)5-7-12/h3-8,18H,9H2,1-2H3. The Morgan fingerprint density at radius 3 is 2.35 bits per heavy atom. The van der Waals surface area contributed by atoms with E-state index in [0.717, 1.165) is 11.3 Å². The molecule has 0 heterocycles. The largest absolute Gasteiger partial charge is 0.493 e. The van der Waals surface area contributed by atoms with Gasteiger partial charge < -0.3 is 14.8 Å². The number of anilines is 1. The van der Waals surface area contributed by atoms with Crippen LogP contribution in [0.15, 0.2) is 36.4 Å². The zero-order valence-corrected chi connectivity index (χ0v) is 14.2. The molecule has 5 heteroatoms. The van der Waals surface area contributed by atoms with Crippen LogP contribution in [0.4, 0.5) is 5.69 Å². The van der Waals surface area contributed by atoms with Crippen molar-refractivity contribution in [3.63, 3.8) is 0 Å². The van der Waals surface area contributed by atoms with Crippen LogP contribution in [0.2, 0.25) is 5.02 Å². The van der Waals surface area contributed by atoms with Crippen molar-refractivity contribution in [2.24, 2.45) is 0 Å². The van der Waals surface area contributed by atoms with E-state index in [1.165, 1.54) is 3.57 Å². The van der Waals surface area contributed by atoms with Gasteiger partial charge in [0.05, 0.1) is 19.2 Å². The number of hydrogen-bond donors (Lipinski definition) is 1. The molecule has 0 aliphatic carbocycles. The Kier molecular flexibility index (Phi) is 5.37. The summed E-state index contributed by atoms with van der Waals surface area (Å²) in [5.41, 5.74) is 2.01.